The highest BCUT2D eigenvalue weighted by molar-refractivity contribution is 6.30. The second-order valence-corrected chi connectivity index (χ2v) is 7.41. The average Bonchev–Trinajstić information content (AvgIpc) is 3.17. The monoisotopic (exact) mass is 461 g/mol. The van der Waals surface area contributed by atoms with E-state index in [1.165, 1.54) is 21.3 Å². The maximum atomic E-state index is 13.2. The Kier molecular flexibility index (Phi) is 6.60. The van der Waals surface area contributed by atoms with Gasteiger partial charge in [-0.3, -0.25) is 4.98 Å². The second kappa shape index (κ2) is 9.75. The van der Waals surface area contributed by atoms with Gasteiger partial charge >= 0.3 is 5.69 Å². The third-order valence-electron chi connectivity index (χ3n) is 4.98. The minimum absolute atomic E-state index is 0.203. The Labute approximate surface area is 194 Å². The predicted octanol–water partition coefficient (Wildman–Crippen LogP) is 5.49. The van der Waals surface area contributed by atoms with Gasteiger partial charge in [0.2, 0.25) is 0 Å². The first kappa shape index (κ1) is 22.4. The van der Waals surface area contributed by atoms with Crippen molar-refractivity contribution < 1.29 is 4.39 Å². The van der Waals surface area contributed by atoms with Crippen molar-refractivity contribution in [3.8, 4) is 22.3 Å². The van der Waals surface area contributed by atoms with E-state index in [0.29, 0.717) is 10.7 Å². The Balaban J connectivity index is 0.00000126. The molecule has 2 aromatic carbocycles. The van der Waals surface area contributed by atoms with Crippen LogP contribution in [0.1, 0.15) is 19.4 Å². The molecule has 0 saturated carbocycles. The van der Waals surface area contributed by atoms with Gasteiger partial charge in [-0.15, -0.1) is 5.10 Å². The molecular formula is C25H21ClFN5O. The Morgan fingerprint density at radius 1 is 0.909 bits per heavy atom. The van der Waals surface area contributed by atoms with Crippen molar-refractivity contribution in [3.05, 3.63) is 106 Å². The van der Waals surface area contributed by atoms with Crippen LogP contribution in [0, 0.1) is 5.82 Å². The number of hydrogen-bond acceptors (Lipinski definition) is 4. The molecule has 33 heavy (non-hydrogen) atoms. The summed E-state index contributed by atoms with van der Waals surface area (Å²) in [4.78, 5) is 17.1. The van der Waals surface area contributed by atoms with E-state index in [2.05, 4.69) is 15.2 Å². The van der Waals surface area contributed by atoms with Crippen molar-refractivity contribution in [2.24, 2.45) is 0 Å². The first-order chi connectivity index (χ1) is 16.1. The number of fused-ring (bicyclic) bond motifs is 1. The van der Waals surface area contributed by atoms with E-state index in [-0.39, 0.29) is 18.1 Å². The van der Waals surface area contributed by atoms with Gasteiger partial charge in [0.25, 0.3) is 0 Å². The van der Waals surface area contributed by atoms with Crippen LogP contribution < -0.4 is 5.69 Å². The molecule has 6 nitrogen and oxygen atoms in total. The van der Waals surface area contributed by atoms with Gasteiger partial charge in [-0.2, -0.15) is 9.61 Å². The van der Waals surface area contributed by atoms with Crippen molar-refractivity contribution in [1.82, 2.24) is 24.4 Å². The van der Waals surface area contributed by atoms with Crippen LogP contribution in [0.5, 0.6) is 0 Å². The Hall–Kier alpha value is -3.84. The van der Waals surface area contributed by atoms with Crippen molar-refractivity contribution in [2.45, 2.75) is 20.4 Å². The van der Waals surface area contributed by atoms with Crippen molar-refractivity contribution in [2.75, 3.05) is 0 Å². The van der Waals surface area contributed by atoms with Crippen LogP contribution in [0.2, 0.25) is 5.02 Å². The smallest absolute Gasteiger partial charge is 0.265 e. The average molecular weight is 462 g/mol. The molecule has 0 fully saturated rings. The molecule has 0 aliphatic heterocycles. The van der Waals surface area contributed by atoms with Gasteiger partial charge in [-0.1, -0.05) is 49.7 Å². The lowest BCUT2D eigenvalue weighted by atomic mass is 9.98. The third-order valence-corrected chi connectivity index (χ3v) is 5.24. The molecule has 5 rings (SSSR count). The van der Waals surface area contributed by atoms with E-state index in [1.807, 2.05) is 38.1 Å². The molecule has 0 spiro atoms. The molecule has 3 aromatic heterocycles. The second-order valence-electron chi connectivity index (χ2n) is 6.98. The van der Waals surface area contributed by atoms with Gasteiger partial charge in [0.1, 0.15) is 5.82 Å². The van der Waals surface area contributed by atoms with E-state index in [4.69, 9.17) is 11.6 Å². The fourth-order valence-electron chi connectivity index (χ4n) is 3.48. The van der Waals surface area contributed by atoms with Gasteiger partial charge in [-0.25, -0.2) is 13.9 Å². The van der Waals surface area contributed by atoms with E-state index < -0.39 is 0 Å². The zero-order valence-electron chi connectivity index (χ0n) is 18.1. The van der Waals surface area contributed by atoms with Crippen LogP contribution >= 0.6 is 11.6 Å². The molecule has 3 heterocycles. The highest BCUT2D eigenvalue weighted by Gasteiger charge is 2.18. The highest BCUT2D eigenvalue weighted by Crippen LogP contribution is 2.34. The van der Waals surface area contributed by atoms with E-state index >= 15 is 0 Å². The van der Waals surface area contributed by atoms with E-state index in [9.17, 15) is 9.18 Å². The standard InChI is InChI=1S/C23H15ClFN5O.C2H6/c24-18-5-3-16(4-6-18)20-13-27-30-22(21(20)17-9-11-26-12-10-17)28-29(23(30)31)14-15-1-7-19(25)8-2-15;1-2/h1-13H,14H2;1-2H3. The largest absolute Gasteiger partial charge is 0.367 e. The molecule has 0 amide bonds. The summed E-state index contributed by atoms with van der Waals surface area (Å²) >= 11 is 6.05. The van der Waals surface area contributed by atoms with Crippen LogP contribution in [0.15, 0.2) is 84.0 Å². The summed E-state index contributed by atoms with van der Waals surface area (Å²) in [7, 11) is 0. The minimum Gasteiger partial charge on any atom is -0.265 e. The SMILES string of the molecule is CC.O=c1n(Cc2ccc(F)cc2)nc2c(-c3ccncc3)c(-c3ccc(Cl)cc3)cnn12. The molecule has 0 atom stereocenters. The quantitative estimate of drug-likeness (QED) is 0.355. The molecule has 0 aliphatic rings. The van der Waals surface area contributed by atoms with Crippen LogP contribution in [-0.2, 0) is 6.54 Å². The van der Waals surface area contributed by atoms with Gasteiger partial charge in [0, 0.05) is 28.5 Å². The van der Waals surface area contributed by atoms with Gasteiger partial charge in [0.15, 0.2) is 5.65 Å². The van der Waals surface area contributed by atoms with Gasteiger partial charge in [0.05, 0.1) is 12.7 Å². The number of hydrogen-bond donors (Lipinski definition) is 0. The van der Waals surface area contributed by atoms with Crippen LogP contribution in [0.25, 0.3) is 27.9 Å². The first-order valence-corrected chi connectivity index (χ1v) is 10.9. The molecule has 0 aliphatic carbocycles. The normalized spacial score (nSPS) is 10.7. The maximum Gasteiger partial charge on any atom is 0.367 e. The highest BCUT2D eigenvalue weighted by atomic mass is 35.5. The summed E-state index contributed by atoms with van der Waals surface area (Å²) in [5.74, 6) is -0.333. The van der Waals surface area contributed by atoms with Crippen molar-refractivity contribution in [3.63, 3.8) is 0 Å². The zero-order chi connectivity index (χ0) is 23.4. The minimum atomic E-state index is -0.378. The summed E-state index contributed by atoms with van der Waals surface area (Å²) in [5.41, 5.74) is 4.13. The number of nitrogens with zero attached hydrogens (tertiary/aromatic N) is 5. The summed E-state index contributed by atoms with van der Waals surface area (Å²) in [6, 6.07) is 17.1. The third kappa shape index (κ3) is 4.54. The maximum absolute atomic E-state index is 13.2. The lowest BCUT2D eigenvalue weighted by molar-refractivity contribution is 0.621. The number of aromatic nitrogens is 5. The molecule has 166 valence electrons. The Bertz CT molecular complexity index is 1430. The molecule has 0 unspecified atom stereocenters. The van der Waals surface area contributed by atoms with E-state index in [1.54, 1.807) is 42.9 Å². The molecule has 0 saturated heterocycles. The van der Waals surface area contributed by atoms with E-state index in [0.717, 1.165) is 27.8 Å². The molecular weight excluding hydrogens is 441 g/mol. The number of rotatable bonds is 4. The fraction of sp³-hybridized carbons (Fsp3) is 0.120. The predicted molar refractivity (Wildman–Crippen MR) is 128 cm³/mol. The zero-order valence-corrected chi connectivity index (χ0v) is 18.9. The summed E-state index contributed by atoms with van der Waals surface area (Å²) in [6.07, 6.45) is 5.02. The number of halogens is 2. The molecule has 0 N–H and O–H groups in total. The number of benzene rings is 2. The van der Waals surface area contributed by atoms with Crippen molar-refractivity contribution in [1.29, 1.82) is 0 Å². The molecule has 5 aromatic rings. The topological polar surface area (TPSA) is 65.1 Å². The first-order valence-electron chi connectivity index (χ1n) is 10.5. The van der Waals surface area contributed by atoms with Crippen LogP contribution in [0.4, 0.5) is 4.39 Å². The Morgan fingerprint density at radius 3 is 2.24 bits per heavy atom. The van der Waals surface area contributed by atoms with Crippen molar-refractivity contribution >= 4 is 17.2 Å². The molecule has 0 radical (unpaired) electrons. The summed E-state index contributed by atoms with van der Waals surface area (Å²) in [6.45, 7) is 4.20. The summed E-state index contributed by atoms with van der Waals surface area (Å²) < 4.78 is 15.8. The van der Waals surface area contributed by atoms with Gasteiger partial charge in [-0.05, 0) is 53.1 Å². The Morgan fingerprint density at radius 2 is 1.58 bits per heavy atom. The molecule has 8 heteroatoms. The summed E-state index contributed by atoms with van der Waals surface area (Å²) in [5, 5.41) is 9.56. The van der Waals surface area contributed by atoms with Gasteiger partial charge < -0.3 is 0 Å². The lowest BCUT2D eigenvalue weighted by Crippen LogP contribution is -2.23. The lowest BCUT2D eigenvalue weighted by Gasteiger charge is -2.10. The number of pyridine rings is 1. The molecule has 0 bridgehead atoms. The fourth-order valence-corrected chi connectivity index (χ4v) is 3.60. The van der Waals surface area contributed by atoms with Crippen LogP contribution in [-0.4, -0.2) is 24.4 Å². The van der Waals surface area contributed by atoms with Crippen LogP contribution in [0.3, 0.4) is 0 Å².